The molecule has 0 radical (unpaired) electrons. The lowest BCUT2D eigenvalue weighted by Gasteiger charge is -2.36. The molecular weight excluding hydrogens is 256 g/mol. The van der Waals surface area contributed by atoms with Crippen molar-refractivity contribution in [3.8, 4) is 0 Å². The van der Waals surface area contributed by atoms with E-state index >= 15 is 0 Å². The van der Waals surface area contributed by atoms with Gasteiger partial charge in [-0.15, -0.1) is 0 Å². The number of hydrogen-bond donors (Lipinski definition) is 0. The Kier molecular flexibility index (Phi) is 8.26. The highest BCUT2D eigenvalue weighted by molar-refractivity contribution is 6.74. The van der Waals surface area contributed by atoms with Gasteiger partial charge in [0.1, 0.15) is 0 Å². The van der Waals surface area contributed by atoms with Gasteiger partial charge in [-0.3, -0.25) is 4.79 Å². The third-order valence-corrected chi connectivity index (χ3v) is 8.08. The second-order valence-electron chi connectivity index (χ2n) is 6.35. The summed E-state index contributed by atoms with van der Waals surface area (Å²) >= 11 is 0. The Bertz CT molecular complexity index is 290. The number of carbonyl (C=O) groups excluding carboxylic acids is 1. The van der Waals surface area contributed by atoms with Gasteiger partial charge in [-0.25, -0.2) is 0 Å². The summed E-state index contributed by atoms with van der Waals surface area (Å²) < 4.78 is 10.9. The van der Waals surface area contributed by atoms with Crippen LogP contribution in [0.2, 0.25) is 18.1 Å². The molecule has 0 bridgehead atoms. The molecule has 0 saturated heterocycles. The SMILES string of the molecule is CC(=O)OCC/C=C\CCCO[Si](C)(C)C(C)(C)C. The van der Waals surface area contributed by atoms with E-state index in [1.807, 2.05) is 0 Å². The van der Waals surface area contributed by atoms with Crippen LogP contribution in [-0.4, -0.2) is 27.5 Å². The number of unbranched alkanes of at least 4 members (excludes halogenated alkanes) is 1. The minimum absolute atomic E-state index is 0.212. The molecule has 0 fully saturated rings. The zero-order valence-electron chi connectivity index (χ0n) is 13.4. The second-order valence-corrected chi connectivity index (χ2v) is 11.2. The van der Waals surface area contributed by atoms with Crippen LogP contribution in [0, 0.1) is 0 Å². The van der Waals surface area contributed by atoms with E-state index in [2.05, 4.69) is 46.0 Å². The van der Waals surface area contributed by atoms with Gasteiger partial charge in [0, 0.05) is 13.5 Å². The molecule has 0 unspecified atom stereocenters. The highest BCUT2D eigenvalue weighted by Crippen LogP contribution is 2.36. The first-order chi connectivity index (χ1) is 8.67. The molecule has 0 aliphatic rings. The zero-order chi connectivity index (χ0) is 14.9. The van der Waals surface area contributed by atoms with Crippen molar-refractivity contribution >= 4 is 14.3 Å². The number of ether oxygens (including phenoxy) is 1. The third-order valence-electron chi connectivity index (χ3n) is 3.54. The Morgan fingerprint density at radius 1 is 1.11 bits per heavy atom. The Balaban J connectivity index is 3.60. The molecule has 4 heteroatoms. The molecular formula is C15H30O3Si. The molecule has 0 spiro atoms. The summed E-state index contributed by atoms with van der Waals surface area (Å²) in [7, 11) is -1.58. The van der Waals surface area contributed by atoms with Gasteiger partial charge in [-0.2, -0.15) is 0 Å². The summed E-state index contributed by atoms with van der Waals surface area (Å²) in [5.41, 5.74) is 0. The minimum atomic E-state index is -1.58. The van der Waals surface area contributed by atoms with Crippen LogP contribution in [0.5, 0.6) is 0 Å². The average Bonchev–Trinajstić information content (AvgIpc) is 2.24. The summed E-state index contributed by atoms with van der Waals surface area (Å²) in [5, 5.41) is 0.285. The van der Waals surface area contributed by atoms with Gasteiger partial charge in [0.25, 0.3) is 0 Å². The fraction of sp³-hybridized carbons (Fsp3) is 0.800. The van der Waals surface area contributed by atoms with E-state index in [0.717, 1.165) is 25.9 Å². The molecule has 0 amide bonds. The number of allylic oxidation sites excluding steroid dienone is 1. The summed E-state index contributed by atoms with van der Waals surface area (Å²) in [6.07, 6.45) is 7.07. The first kappa shape index (κ1) is 18.4. The first-order valence-corrected chi connectivity index (χ1v) is 10.00. The highest BCUT2D eigenvalue weighted by Gasteiger charge is 2.36. The predicted molar refractivity (Wildman–Crippen MR) is 82.8 cm³/mol. The Hall–Kier alpha value is -0.613. The van der Waals surface area contributed by atoms with E-state index in [1.54, 1.807) is 0 Å². The summed E-state index contributed by atoms with van der Waals surface area (Å²) in [5.74, 6) is -0.212. The Labute approximate surface area is 119 Å². The van der Waals surface area contributed by atoms with Crippen molar-refractivity contribution < 1.29 is 14.0 Å². The molecule has 0 aliphatic carbocycles. The lowest BCUT2D eigenvalue weighted by molar-refractivity contribution is -0.140. The fourth-order valence-electron chi connectivity index (χ4n) is 1.25. The molecule has 0 N–H and O–H groups in total. The zero-order valence-corrected chi connectivity index (χ0v) is 14.4. The maximum absolute atomic E-state index is 10.5. The number of esters is 1. The van der Waals surface area contributed by atoms with Crippen molar-refractivity contribution in [1.82, 2.24) is 0 Å². The van der Waals surface area contributed by atoms with Crippen LogP contribution in [0.15, 0.2) is 12.2 Å². The summed E-state index contributed by atoms with van der Waals surface area (Å²) in [6.45, 7) is 14.1. The lowest BCUT2D eigenvalue weighted by atomic mass is 10.2. The number of rotatable bonds is 8. The summed E-state index contributed by atoms with van der Waals surface area (Å²) in [6, 6.07) is 0. The van der Waals surface area contributed by atoms with E-state index < -0.39 is 8.32 Å². The van der Waals surface area contributed by atoms with Gasteiger partial charge in [-0.05, 0) is 37.4 Å². The Morgan fingerprint density at radius 3 is 2.21 bits per heavy atom. The maximum atomic E-state index is 10.5. The van der Waals surface area contributed by atoms with E-state index in [1.165, 1.54) is 6.92 Å². The largest absolute Gasteiger partial charge is 0.466 e. The number of carbonyl (C=O) groups is 1. The topological polar surface area (TPSA) is 35.5 Å². The summed E-state index contributed by atoms with van der Waals surface area (Å²) in [4.78, 5) is 10.5. The molecule has 3 nitrogen and oxygen atoms in total. The minimum Gasteiger partial charge on any atom is -0.466 e. The van der Waals surface area contributed by atoms with Crippen molar-refractivity contribution in [3.63, 3.8) is 0 Å². The molecule has 0 saturated carbocycles. The van der Waals surface area contributed by atoms with Gasteiger partial charge in [0.15, 0.2) is 8.32 Å². The van der Waals surface area contributed by atoms with E-state index in [-0.39, 0.29) is 11.0 Å². The highest BCUT2D eigenvalue weighted by atomic mass is 28.4. The van der Waals surface area contributed by atoms with Crippen LogP contribution in [0.3, 0.4) is 0 Å². The van der Waals surface area contributed by atoms with Crippen LogP contribution in [0.25, 0.3) is 0 Å². The van der Waals surface area contributed by atoms with Crippen LogP contribution >= 0.6 is 0 Å². The van der Waals surface area contributed by atoms with Crippen molar-refractivity contribution in [2.75, 3.05) is 13.2 Å². The van der Waals surface area contributed by atoms with E-state index in [4.69, 9.17) is 9.16 Å². The third kappa shape index (κ3) is 9.00. The monoisotopic (exact) mass is 286 g/mol. The van der Waals surface area contributed by atoms with Crippen molar-refractivity contribution in [1.29, 1.82) is 0 Å². The van der Waals surface area contributed by atoms with Crippen molar-refractivity contribution in [3.05, 3.63) is 12.2 Å². The van der Waals surface area contributed by atoms with E-state index in [0.29, 0.717) is 6.61 Å². The van der Waals surface area contributed by atoms with Crippen molar-refractivity contribution in [2.45, 2.75) is 65.1 Å². The quantitative estimate of drug-likeness (QED) is 0.289. The van der Waals surface area contributed by atoms with Crippen LogP contribution < -0.4 is 0 Å². The normalized spacial score (nSPS) is 12.9. The molecule has 0 aliphatic heterocycles. The molecule has 0 aromatic heterocycles. The molecule has 0 aromatic carbocycles. The van der Waals surface area contributed by atoms with Gasteiger partial charge in [0.05, 0.1) is 6.61 Å². The molecule has 0 aromatic rings. The fourth-order valence-corrected chi connectivity index (χ4v) is 2.34. The number of hydrogen-bond acceptors (Lipinski definition) is 3. The molecule has 112 valence electrons. The average molecular weight is 286 g/mol. The van der Waals surface area contributed by atoms with Crippen molar-refractivity contribution in [2.24, 2.45) is 0 Å². The molecule has 19 heavy (non-hydrogen) atoms. The predicted octanol–water partition coefficient (Wildman–Crippen LogP) is 4.30. The van der Waals surface area contributed by atoms with Gasteiger partial charge >= 0.3 is 5.97 Å². The Morgan fingerprint density at radius 2 is 1.68 bits per heavy atom. The van der Waals surface area contributed by atoms with Gasteiger partial charge in [-0.1, -0.05) is 32.9 Å². The van der Waals surface area contributed by atoms with Gasteiger partial charge < -0.3 is 9.16 Å². The standard InChI is InChI=1S/C15H30O3Si/c1-14(16)17-12-10-8-7-9-11-13-18-19(5,6)15(2,3)4/h7-8H,9-13H2,1-6H3/b8-7-. The second kappa shape index (κ2) is 8.54. The van der Waals surface area contributed by atoms with Crippen LogP contribution in [0.1, 0.15) is 47.0 Å². The van der Waals surface area contributed by atoms with Crippen LogP contribution in [-0.2, 0) is 14.0 Å². The molecule has 0 atom stereocenters. The maximum Gasteiger partial charge on any atom is 0.302 e. The lowest BCUT2D eigenvalue weighted by Crippen LogP contribution is -2.40. The molecule has 0 heterocycles. The first-order valence-electron chi connectivity index (χ1n) is 7.09. The smallest absolute Gasteiger partial charge is 0.302 e. The molecule has 0 rings (SSSR count). The van der Waals surface area contributed by atoms with Crippen LogP contribution in [0.4, 0.5) is 0 Å². The van der Waals surface area contributed by atoms with Gasteiger partial charge in [0.2, 0.25) is 0 Å². The van der Waals surface area contributed by atoms with E-state index in [9.17, 15) is 4.79 Å².